The van der Waals surface area contributed by atoms with Gasteiger partial charge in [0.1, 0.15) is 6.17 Å². The van der Waals surface area contributed by atoms with Crippen molar-refractivity contribution in [3.8, 4) is 0 Å². The highest BCUT2D eigenvalue weighted by atomic mass is 16.2. The summed E-state index contributed by atoms with van der Waals surface area (Å²) in [6.45, 7) is 8.30. The molecular formula is C7H12N2O. The third kappa shape index (κ3) is 2.03. The van der Waals surface area contributed by atoms with Crippen LogP contribution in [0.15, 0.2) is 25.4 Å². The number of carbonyl (C=O) groups excluding carboxylic acids is 1. The van der Waals surface area contributed by atoms with Crippen LogP contribution >= 0.6 is 0 Å². The van der Waals surface area contributed by atoms with Gasteiger partial charge in [0.25, 0.3) is 0 Å². The summed E-state index contributed by atoms with van der Waals surface area (Å²) in [7, 11) is 0. The smallest absolute Gasteiger partial charge is 0.224 e. The van der Waals surface area contributed by atoms with E-state index in [4.69, 9.17) is 5.73 Å². The zero-order valence-corrected chi connectivity index (χ0v) is 6.08. The van der Waals surface area contributed by atoms with Crippen LogP contribution in [-0.2, 0) is 4.79 Å². The quantitative estimate of drug-likeness (QED) is 0.457. The van der Waals surface area contributed by atoms with E-state index in [0.29, 0.717) is 0 Å². The lowest BCUT2D eigenvalue weighted by atomic mass is 10.4. The number of hydrogen-bond donors (Lipinski definition) is 1. The minimum atomic E-state index is -0.463. The Labute approximate surface area is 60.8 Å². The molecule has 0 aliphatic rings. The summed E-state index contributed by atoms with van der Waals surface area (Å²) in [5.41, 5.74) is 5.44. The summed E-state index contributed by atoms with van der Waals surface area (Å²) < 4.78 is 0. The molecule has 0 spiro atoms. The van der Waals surface area contributed by atoms with Crippen LogP contribution in [0.2, 0.25) is 0 Å². The molecule has 2 N–H and O–H groups in total. The fourth-order valence-electron chi connectivity index (χ4n) is 0.574. The van der Waals surface area contributed by atoms with Crippen molar-refractivity contribution in [3.63, 3.8) is 0 Å². The molecule has 0 aromatic heterocycles. The molecule has 0 aliphatic carbocycles. The topological polar surface area (TPSA) is 46.3 Å². The normalized spacial score (nSPS) is 11.8. The van der Waals surface area contributed by atoms with E-state index in [-0.39, 0.29) is 5.91 Å². The Bertz CT molecular complexity index is 154. The molecule has 0 heterocycles. The molecule has 0 fully saturated rings. The largest absolute Gasteiger partial charge is 0.308 e. The second kappa shape index (κ2) is 3.85. The molecule has 0 aromatic rings. The third-order valence-corrected chi connectivity index (χ3v) is 1.12. The van der Waals surface area contributed by atoms with E-state index in [9.17, 15) is 4.79 Å². The molecule has 0 saturated heterocycles. The lowest BCUT2D eigenvalue weighted by molar-refractivity contribution is -0.127. The van der Waals surface area contributed by atoms with Crippen molar-refractivity contribution in [2.24, 2.45) is 5.73 Å². The molecule has 0 radical (unpaired) electrons. The first-order valence-corrected chi connectivity index (χ1v) is 2.93. The molecular weight excluding hydrogens is 128 g/mol. The maximum Gasteiger partial charge on any atom is 0.224 e. The van der Waals surface area contributed by atoms with Gasteiger partial charge in [-0.25, -0.2) is 0 Å². The maximum atomic E-state index is 10.7. The Morgan fingerprint density at radius 1 is 1.70 bits per heavy atom. The third-order valence-electron chi connectivity index (χ3n) is 1.12. The maximum absolute atomic E-state index is 10.7. The summed E-state index contributed by atoms with van der Waals surface area (Å²) in [6.07, 6.45) is 2.40. The molecule has 0 bridgehead atoms. The summed E-state index contributed by atoms with van der Waals surface area (Å²) in [5.74, 6) is -0.137. The lowest BCUT2D eigenvalue weighted by Gasteiger charge is -2.20. The minimum Gasteiger partial charge on any atom is -0.308 e. The number of rotatable bonds is 3. The molecule has 3 nitrogen and oxygen atoms in total. The highest BCUT2D eigenvalue weighted by Gasteiger charge is 2.08. The van der Waals surface area contributed by atoms with Crippen LogP contribution in [0.1, 0.15) is 6.92 Å². The van der Waals surface area contributed by atoms with Gasteiger partial charge >= 0.3 is 0 Å². The number of nitrogens with two attached hydrogens (primary N) is 1. The molecule has 10 heavy (non-hydrogen) atoms. The summed E-state index contributed by atoms with van der Waals surface area (Å²) in [5, 5.41) is 0. The minimum absolute atomic E-state index is 0.137. The predicted molar refractivity (Wildman–Crippen MR) is 40.9 cm³/mol. The van der Waals surface area contributed by atoms with Crippen molar-refractivity contribution >= 4 is 5.91 Å². The van der Waals surface area contributed by atoms with E-state index >= 15 is 0 Å². The molecule has 1 amide bonds. The first kappa shape index (κ1) is 8.91. The van der Waals surface area contributed by atoms with Gasteiger partial charge in [0.15, 0.2) is 0 Å². The Hall–Kier alpha value is -1.09. The first-order valence-electron chi connectivity index (χ1n) is 2.93. The van der Waals surface area contributed by atoms with Gasteiger partial charge in [0.2, 0.25) is 5.91 Å². The SMILES string of the molecule is C=CC(N)N(C=C)C(C)=O. The van der Waals surface area contributed by atoms with Crippen molar-refractivity contribution < 1.29 is 4.79 Å². The molecule has 56 valence electrons. The van der Waals surface area contributed by atoms with Crippen LogP contribution in [0.4, 0.5) is 0 Å². The highest BCUT2D eigenvalue weighted by molar-refractivity contribution is 5.74. The molecule has 0 aliphatic heterocycles. The highest BCUT2D eigenvalue weighted by Crippen LogP contribution is 1.94. The van der Waals surface area contributed by atoms with Gasteiger partial charge < -0.3 is 10.6 Å². The van der Waals surface area contributed by atoms with E-state index in [1.54, 1.807) is 0 Å². The van der Waals surface area contributed by atoms with Crippen LogP contribution in [0.5, 0.6) is 0 Å². The average molecular weight is 140 g/mol. The van der Waals surface area contributed by atoms with E-state index in [2.05, 4.69) is 13.2 Å². The van der Waals surface area contributed by atoms with Crippen molar-refractivity contribution in [1.82, 2.24) is 4.90 Å². The molecule has 0 saturated carbocycles. The fourth-order valence-corrected chi connectivity index (χ4v) is 0.574. The Kier molecular flexibility index (Phi) is 3.43. The number of amides is 1. The van der Waals surface area contributed by atoms with Crippen LogP contribution in [0.25, 0.3) is 0 Å². The molecule has 0 rings (SSSR count). The summed E-state index contributed by atoms with van der Waals surface area (Å²) in [4.78, 5) is 12.0. The zero-order chi connectivity index (χ0) is 8.15. The van der Waals surface area contributed by atoms with Crippen LogP contribution in [-0.4, -0.2) is 17.0 Å². The van der Waals surface area contributed by atoms with E-state index in [0.717, 1.165) is 0 Å². The van der Waals surface area contributed by atoms with Crippen molar-refractivity contribution in [1.29, 1.82) is 0 Å². The molecule has 1 atom stereocenters. The lowest BCUT2D eigenvalue weighted by Crippen LogP contribution is -2.39. The second-order valence-electron chi connectivity index (χ2n) is 1.84. The number of carbonyl (C=O) groups is 1. The predicted octanol–water partition coefficient (Wildman–Crippen LogP) is 0.449. The Morgan fingerprint density at radius 3 is 2.30 bits per heavy atom. The van der Waals surface area contributed by atoms with Gasteiger partial charge in [-0.1, -0.05) is 19.2 Å². The van der Waals surface area contributed by atoms with Crippen LogP contribution in [0.3, 0.4) is 0 Å². The second-order valence-corrected chi connectivity index (χ2v) is 1.84. The van der Waals surface area contributed by atoms with Gasteiger partial charge in [-0.2, -0.15) is 0 Å². The molecule has 0 aromatic carbocycles. The van der Waals surface area contributed by atoms with Gasteiger partial charge in [-0.05, 0) is 0 Å². The van der Waals surface area contributed by atoms with Gasteiger partial charge in [0.05, 0.1) is 0 Å². The van der Waals surface area contributed by atoms with Gasteiger partial charge in [-0.15, -0.1) is 0 Å². The Morgan fingerprint density at radius 2 is 2.20 bits per heavy atom. The van der Waals surface area contributed by atoms with Crippen molar-refractivity contribution in [3.05, 3.63) is 25.4 Å². The zero-order valence-electron chi connectivity index (χ0n) is 6.08. The van der Waals surface area contributed by atoms with Gasteiger partial charge in [-0.3, -0.25) is 4.79 Å². The first-order chi connectivity index (χ1) is 4.63. The average Bonchev–Trinajstić information content (AvgIpc) is 1.88. The van der Waals surface area contributed by atoms with Crippen molar-refractivity contribution in [2.45, 2.75) is 13.1 Å². The van der Waals surface area contributed by atoms with E-state index in [1.807, 2.05) is 0 Å². The monoisotopic (exact) mass is 140 g/mol. The van der Waals surface area contributed by atoms with Crippen LogP contribution < -0.4 is 5.73 Å². The fraction of sp³-hybridized carbons (Fsp3) is 0.286. The van der Waals surface area contributed by atoms with E-state index < -0.39 is 6.17 Å². The van der Waals surface area contributed by atoms with Crippen molar-refractivity contribution in [2.75, 3.05) is 0 Å². The molecule has 1 unspecified atom stereocenters. The number of nitrogens with zero attached hydrogens (tertiary/aromatic N) is 1. The summed E-state index contributed by atoms with van der Waals surface area (Å²) >= 11 is 0. The number of hydrogen-bond acceptors (Lipinski definition) is 2. The standard InChI is InChI=1S/C7H12N2O/c1-4-7(8)9(5-2)6(3)10/h4-5,7H,1-2,8H2,3H3. The van der Waals surface area contributed by atoms with Crippen LogP contribution in [0, 0.1) is 0 Å². The van der Waals surface area contributed by atoms with Gasteiger partial charge in [0, 0.05) is 13.1 Å². The van der Waals surface area contributed by atoms with E-state index in [1.165, 1.54) is 24.1 Å². The molecule has 3 heteroatoms. The Balaban J connectivity index is 4.19. The summed E-state index contributed by atoms with van der Waals surface area (Å²) in [6, 6.07) is 0.